The molecule has 1 amide bonds. The first-order chi connectivity index (χ1) is 9.95. The number of nitrogens with zero attached hydrogens (tertiary/aromatic N) is 1. The second-order valence-corrected chi connectivity index (χ2v) is 5.67. The number of aromatic nitrogens is 1. The number of amides is 1. The average molecular weight is 323 g/mol. The van der Waals surface area contributed by atoms with Crippen molar-refractivity contribution in [1.29, 1.82) is 0 Å². The topological polar surface area (TPSA) is 79.3 Å². The molecular weight excluding hydrogens is 312 g/mol. The minimum absolute atomic E-state index is 0.298. The van der Waals surface area contributed by atoms with Crippen molar-refractivity contribution in [1.82, 2.24) is 4.98 Å². The van der Waals surface area contributed by atoms with Crippen LogP contribution in [0.2, 0.25) is 5.02 Å². The zero-order chi connectivity index (χ0) is 15.4. The maximum atomic E-state index is 12.1. The molecule has 2 N–H and O–H groups in total. The number of nitrogens with one attached hydrogen (secondary N) is 1. The van der Waals surface area contributed by atoms with Gasteiger partial charge in [0.05, 0.1) is 9.90 Å². The summed E-state index contributed by atoms with van der Waals surface area (Å²) in [6, 6.07) is 4.94. The summed E-state index contributed by atoms with van der Waals surface area (Å²) in [5.74, 6) is -0.926. The molecule has 2 aromatic heterocycles. The summed E-state index contributed by atoms with van der Waals surface area (Å²) in [7, 11) is 0. The molecule has 0 aliphatic carbocycles. The molecule has 2 heterocycles. The van der Waals surface area contributed by atoms with Crippen molar-refractivity contribution in [2.24, 2.45) is 0 Å². The van der Waals surface area contributed by atoms with Crippen LogP contribution >= 0.6 is 22.9 Å². The fourth-order valence-electron chi connectivity index (χ4n) is 1.55. The Morgan fingerprint density at radius 3 is 2.81 bits per heavy atom. The summed E-state index contributed by atoms with van der Waals surface area (Å²) in [5, 5.41) is 11.8. The fraction of sp³-hybridized carbons (Fsp3) is 0.0714. The number of thiophene rings is 1. The Kier molecular flexibility index (Phi) is 4.72. The number of anilines is 1. The zero-order valence-corrected chi connectivity index (χ0v) is 12.5. The van der Waals surface area contributed by atoms with Crippen molar-refractivity contribution < 1.29 is 14.7 Å². The molecule has 0 saturated heterocycles. The second kappa shape index (κ2) is 6.51. The predicted octanol–water partition coefficient (Wildman–Crippen LogP) is 3.46. The van der Waals surface area contributed by atoms with Crippen molar-refractivity contribution in [3.8, 4) is 0 Å². The van der Waals surface area contributed by atoms with E-state index in [1.54, 1.807) is 18.2 Å². The predicted molar refractivity (Wildman–Crippen MR) is 82.9 cm³/mol. The molecule has 0 bridgehead atoms. The number of hydrogen-bond acceptors (Lipinski definition) is 4. The van der Waals surface area contributed by atoms with Crippen molar-refractivity contribution >= 4 is 46.7 Å². The van der Waals surface area contributed by atoms with E-state index >= 15 is 0 Å². The van der Waals surface area contributed by atoms with E-state index in [1.807, 2.05) is 6.92 Å². The van der Waals surface area contributed by atoms with Crippen molar-refractivity contribution in [3.63, 3.8) is 0 Å². The van der Waals surface area contributed by atoms with Crippen LogP contribution in [-0.2, 0) is 4.79 Å². The molecule has 0 atom stereocenters. The number of hydrogen-bond donors (Lipinski definition) is 2. The van der Waals surface area contributed by atoms with E-state index < -0.39 is 5.97 Å². The Bertz CT molecular complexity index is 708. The summed E-state index contributed by atoms with van der Waals surface area (Å²) >= 11 is 6.94. The van der Waals surface area contributed by atoms with E-state index in [1.165, 1.54) is 23.6 Å². The quantitative estimate of drug-likeness (QED) is 0.845. The Morgan fingerprint density at radius 2 is 2.19 bits per heavy atom. The lowest BCUT2D eigenvalue weighted by Gasteiger charge is -2.01. The van der Waals surface area contributed by atoms with E-state index in [2.05, 4.69) is 10.3 Å². The van der Waals surface area contributed by atoms with Crippen LogP contribution in [0.3, 0.4) is 0 Å². The summed E-state index contributed by atoms with van der Waals surface area (Å²) in [4.78, 5) is 27.8. The molecular formula is C14H11ClN2O3S. The SMILES string of the molecule is Cc1cc(C(=O)Nc2ccc(Cl)cn2)sc1/C=C/C(=O)O. The maximum absolute atomic E-state index is 12.1. The minimum Gasteiger partial charge on any atom is -0.478 e. The first-order valence-corrected chi connectivity index (χ1v) is 7.09. The van der Waals surface area contributed by atoms with Gasteiger partial charge in [-0.25, -0.2) is 9.78 Å². The van der Waals surface area contributed by atoms with Gasteiger partial charge in [-0.15, -0.1) is 11.3 Å². The number of halogens is 1. The first kappa shape index (κ1) is 15.2. The van der Waals surface area contributed by atoms with Crippen LogP contribution in [0.25, 0.3) is 6.08 Å². The van der Waals surface area contributed by atoms with Crippen LogP contribution in [0.15, 0.2) is 30.5 Å². The lowest BCUT2D eigenvalue weighted by atomic mass is 10.2. The van der Waals surface area contributed by atoms with Crippen LogP contribution in [-0.4, -0.2) is 22.0 Å². The van der Waals surface area contributed by atoms with E-state index in [0.717, 1.165) is 16.5 Å². The number of carbonyl (C=O) groups excluding carboxylic acids is 1. The van der Waals surface area contributed by atoms with Crippen LogP contribution in [0.1, 0.15) is 20.1 Å². The molecule has 0 unspecified atom stereocenters. The molecule has 5 nitrogen and oxygen atoms in total. The highest BCUT2D eigenvalue weighted by molar-refractivity contribution is 7.15. The van der Waals surface area contributed by atoms with Gasteiger partial charge in [-0.3, -0.25) is 4.79 Å². The minimum atomic E-state index is -1.03. The Morgan fingerprint density at radius 1 is 1.43 bits per heavy atom. The number of aliphatic carboxylic acids is 1. The lowest BCUT2D eigenvalue weighted by Crippen LogP contribution is -2.11. The highest BCUT2D eigenvalue weighted by atomic mass is 35.5. The van der Waals surface area contributed by atoms with Gasteiger partial charge >= 0.3 is 5.97 Å². The highest BCUT2D eigenvalue weighted by Crippen LogP contribution is 2.24. The number of carbonyl (C=O) groups is 2. The van der Waals surface area contributed by atoms with Crippen LogP contribution in [0.4, 0.5) is 5.82 Å². The normalized spacial score (nSPS) is 10.8. The standard InChI is InChI=1S/C14H11ClN2O3S/c1-8-6-11(21-10(8)3-5-13(18)19)14(20)17-12-4-2-9(15)7-16-12/h2-7H,1H3,(H,18,19)(H,16,17,20)/b5-3+. The van der Waals surface area contributed by atoms with Gasteiger partial charge in [-0.05, 0) is 36.8 Å². The van der Waals surface area contributed by atoms with Gasteiger partial charge < -0.3 is 10.4 Å². The third kappa shape index (κ3) is 4.14. The molecule has 7 heteroatoms. The average Bonchev–Trinajstić information content (AvgIpc) is 2.80. The van der Waals surface area contributed by atoms with Crippen LogP contribution < -0.4 is 5.32 Å². The summed E-state index contributed by atoms with van der Waals surface area (Å²) in [5.41, 5.74) is 0.840. The van der Waals surface area contributed by atoms with E-state index in [4.69, 9.17) is 16.7 Å². The van der Waals surface area contributed by atoms with E-state index in [0.29, 0.717) is 15.7 Å². The van der Waals surface area contributed by atoms with Gasteiger partial charge in [-0.1, -0.05) is 11.6 Å². The molecule has 2 rings (SSSR count). The number of aryl methyl sites for hydroxylation is 1. The Labute approximate surface area is 129 Å². The zero-order valence-electron chi connectivity index (χ0n) is 11.0. The molecule has 0 aromatic carbocycles. The summed E-state index contributed by atoms with van der Waals surface area (Å²) in [6.45, 7) is 1.81. The molecule has 0 aliphatic rings. The maximum Gasteiger partial charge on any atom is 0.328 e. The van der Waals surface area contributed by atoms with Gasteiger partial charge in [0.15, 0.2) is 0 Å². The molecule has 0 fully saturated rings. The van der Waals surface area contributed by atoms with Crippen LogP contribution in [0.5, 0.6) is 0 Å². The van der Waals surface area contributed by atoms with Crippen LogP contribution in [0, 0.1) is 6.92 Å². The van der Waals surface area contributed by atoms with Crippen molar-refractivity contribution in [3.05, 3.63) is 50.8 Å². The number of rotatable bonds is 4. The number of carboxylic acids is 1. The van der Waals surface area contributed by atoms with Crippen molar-refractivity contribution in [2.45, 2.75) is 6.92 Å². The molecule has 21 heavy (non-hydrogen) atoms. The third-order valence-electron chi connectivity index (χ3n) is 2.53. The largest absolute Gasteiger partial charge is 0.478 e. The van der Waals surface area contributed by atoms with Gasteiger partial charge in [0.1, 0.15) is 5.82 Å². The fourth-order valence-corrected chi connectivity index (χ4v) is 2.63. The summed E-state index contributed by atoms with van der Waals surface area (Å²) < 4.78 is 0. The smallest absolute Gasteiger partial charge is 0.328 e. The molecule has 0 saturated carbocycles. The molecule has 2 aromatic rings. The number of pyridine rings is 1. The van der Waals surface area contributed by atoms with Gasteiger partial charge in [-0.2, -0.15) is 0 Å². The molecule has 0 spiro atoms. The molecule has 108 valence electrons. The first-order valence-electron chi connectivity index (χ1n) is 5.90. The van der Waals surface area contributed by atoms with E-state index in [-0.39, 0.29) is 5.91 Å². The molecule has 0 radical (unpaired) electrons. The third-order valence-corrected chi connectivity index (χ3v) is 3.95. The lowest BCUT2D eigenvalue weighted by molar-refractivity contribution is -0.131. The molecule has 0 aliphatic heterocycles. The van der Waals surface area contributed by atoms with Gasteiger partial charge in [0.25, 0.3) is 5.91 Å². The Hall–Kier alpha value is -2.18. The van der Waals surface area contributed by atoms with Gasteiger partial charge in [0.2, 0.25) is 0 Å². The number of carboxylic acid groups (broad SMARTS) is 1. The highest BCUT2D eigenvalue weighted by Gasteiger charge is 2.12. The van der Waals surface area contributed by atoms with E-state index in [9.17, 15) is 9.59 Å². The monoisotopic (exact) mass is 322 g/mol. The Balaban J connectivity index is 2.14. The second-order valence-electron chi connectivity index (χ2n) is 4.15. The van der Waals surface area contributed by atoms with Crippen molar-refractivity contribution in [2.75, 3.05) is 5.32 Å². The van der Waals surface area contributed by atoms with Gasteiger partial charge in [0, 0.05) is 17.2 Å². The summed E-state index contributed by atoms with van der Waals surface area (Å²) in [6.07, 6.45) is 3.96.